The van der Waals surface area contributed by atoms with Crippen LogP contribution in [0.4, 0.5) is 5.69 Å². The summed E-state index contributed by atoms with van der Waals surface area (Å²) in [4.78, 5) is 3.72. The Balaban J connectivity index is 0.000000354. The second-order valence-electron chi connectivity index (χ2n) is 17.9. The third-order valence-corrected chi connectivity index (χ3v) is 14.3. The number of aromatic nitrogens is 1. The molecule has 6 heteroatoms. The van der Waals surface area contributed by atoms with Gasteiger partial charge in [0.15, 0.2) is 0 Å². The Morgan fingerprint density at radius 2 is 0.912 bits per heavy atom. The summed E-state index contributed by atoms with van der Waals surface area (Å²) in [7, 11) is 0. The molecular formula is C51H67Cl2N2OW-. The molecular weight excluding hydrogens is 911 g/mol. The van der Waals surface area contributed by atoms with Crippen molar-refractivity contribution >= 4 is 33.3 Å². The van der Waals surface area contributed by atoms with Crippen molar-refractivity contribution in [1.29, 1.82) is 0 Å². The summed E-state index contributed by atoms with van der Waals surface area (Å²) in [5, 5.41) is 13.4. The van der Waals surface area contributed by atoms with Crippen LogP contribution in [0, 0.1) is 5.41 Å². The number of phenols is 1. The zero-order chi connectivity index (χ0) is 42.8. The van der Waals surface area contributed by atoms with Crippen molar-refractivity contribution in [1.82, 2.24) is 4.98 Å². The largest absolute Gasteiger partial charge is 0.670 e. The molecule has 0 aliphatic heterocycles. The van der Waals surface area contributed by atoms with Gasteiger partial charge in [0.2, 0.25) is 0 Å². The number of halogens is 2. The molecule has 308 valence electrons. The maximum atomic E-state index is 12.1. The van der Waals surface area contributed by atoms with Crippen LogP contribution in [0.25, 0.3) is 22.3 Å². The Morgan fingerprint density at radius 3 is 1.19 bits per heavy atom. The van der Waals surface area contributed by atoms with Crippen molar-refractivity contribution in [3.8, 4) is 28.0 Å². The Labute approximate surface area is 364 Å². The molecule has 57 heavy (non-hydrogen) atoms. The molecule has 1 aromatic heterocycles. The summed E-state index contributed by atoms with van der Waals surface area (Å²) in [5.41, 5.74) is 13.4. The molecule has 3 nitrogen and oxygen atoms in total. The van der Waals surface area contributed by atoms with Crippen LogP contribution in [0.5, 0.6) is 5.75 Å². The van der Waals surface area contributed by atoms with Crippen LogP contribution in [-0.4, -0.2) is 9.51 Å². The number of nitrogens with zero attached hydrogens (tertiary/aromatic N) is 2. The number of aromatic hydroxyl groups is 1. The SMILES string of the molecule is CC(C)(C)[CH]=[W]=[N]c1c(Cl)cccc1Cl.CC(C)c1cc(C(C)C)c(-c2cccc(-c3c(C(C)C)cc(C(C)C)cc3C(C)C)c2O)c(C(C)C)c1.c1cc[n-]c1. The summed E-state index contributed by atoms with van der Waals surface area (Å²) in [6, 6.07) is 25.1. The van der Waals surface area contributed by atoms with Gasteiger partial charge < -0.3 is 10.1 Å². The van der Waals surface area contributed by atoms with E-state index in [4.69, 9.17) is 23.2 Å². The van der Waals surface area contributed by atoms with Crippen LogP contribution < -0.4 is 4.98 Å². The third-order valence-electron chi connectivity index (χ3n) is 9.78. The second kappa shape index (κ2) is 21.8. The summed E-state index contributed by atoms with van der Waals surface area (Å²) in [6.07, 6.45) is 3.50. The van der Waals surface area contributed by atoms with E-state index >= 15 is 0 Å². The van der Waals surface area contributed by atoms with Gasteiger partial charge in [-0.2, -0.15) is 12.4 Å². The minimum atomic E-state index is -0.850. The normalized spacial score (nSPS) is 11.6. The van der Waals surface area contributed by atoms with Crippen molar-refractivity contribution in [2.24, 2.45) is 8.91 Å². The Kier molecular flexibility index (Phi) is 18.4. The van der Waals surface area contributed by atoms with Gasteiger partial charge in [0.1, 0.15) is 5.75 Å². The minimum Gasteiger partial charge on any atom is -0.670 e. The second-order valence-corrected chi connectivity index (χ2v) is 20.9. The van der Waals surface area contributed by atoms with Gasteiger partial charge in [0.05, 0.1) is 0 Å². The molecule has 0 bridgehead atoms. The smallest absolute Gasteiger partial charge is 0.131 e. The standard InChI is InChI=1S/C36H50O.C6H3Cl2N.C5H10.C4H4N.W/c1-20(2)26-16-30(22(5)6)34(31(17-26)23(7)8)28-14-13-15-29(36(28)37)35-32(24(9)10)18-27(21(3)4)19-33(35)25(11)12;7-4-2-1-3-5(8)6(4)9;1-5(2,3)4;1-2-4-5-3-1;/h13-25,37H,1-12H3;1-3H;1H,2-4H3;1-4H;/q;;;-1;. The van der Waals surface area contributed by atoms with Gasteiger partial charge in [-0.25, -0.2) is 0 Å². The van der Waals surface area contributed by atoms with Gasteiger partial charge in [-0.15, -0.1) is 0 Å². The number of hydrogen-bond acceptors (Lipinski definition) is 2. The molecule has 5 rings (SSSR count). The molecule has 0 radical (unpaired) electrons. The van der Waals surface area contributed by atoms with E-state index in [9.17, 15) is 5.11 Å². The summed E-state index contributed by atoms with van der Waals surface area (Å²) in [6.45, 7) is 33.8. The first kappa shape index (κ1) is 48.3. The number of rotatable bonds is 9. The van der Waals surface area contributed by atoms with Crippen LogP contribution in [0.15, 0.2) is 88.7 Å². The van der Waals surface area contributed by atoms with E-state index in [-0.39, 0.29) is 5.41 Å². The quantitative estimate of drug-likeness (QED) is 0.160. The van der Waals surface area contributed by atoms with E-state index in [1.54, 1.807) is 12.4 Å². The van der Waals surface area contributed by atoms with E-state index < -0.39 is 17.9 Å². The van der Waals surface area contributed by atoms with E-state index in [2.05, 4.69) is 159 Å². The number of para-hydroxylation sites is 1. The third kappa shape index (κ3) is 13.5. The number of benzene rings is 4. The zero-order valence-electron chi connectivity index (χ0n) is 37.1. The van der Waals surface area contributed by atoms with Crippen molar-refractivity contribution < 1.29 is 23.0 Å². The van der Waals surface area contributed by atoms with E-state index in [1.165, 1.54) is 44.5 Å². The molecule has 4 aromatic carbocycles. The van der Waals surface area contributed by atoms with Gasteiger partial charge in [-0.1, -0.05) is 138 Å². The van der Waals surface area contributed by atoms with Crippen molar-refractivity contribution in [3.05, 3.63) is 129 Å². The Hall–Kier alpha value is -3.10. The minimum absolute atomic E-state index is 0.238. The van der Waals surface area contributed by atoms with E-state index in [0.29, 0.717) is 51.3 Å². The van der Waals surface area contributed by atoms with Gasteiger partial charge in [0, 0.05) is 11.1 Å². The molecule has 0 amide bonds. The van der Waals surface area contributed by atoms with Crippen LogP contribution >= 0.6 is 23.2 Å². The van der Waals surface area contributed by atoms with Crippen LogP contribution in [-0.2, 0) is 17.9 Å². The fourth-order valence-electron chi connectivity index (χ4n) is 6.54. The van der Waals surface area contributed by atoms with Crippen molar-refractivity contribution in [2.75, 3.05) is 0 Å². The first-order chi connectivity index (χ1) is 26.7. The monoisotopic (exact) mass is 977 g/mol. The van der Waals surface area contributed by atoms with Gasteiger partial charge in [0.25, 0.3) is 0 Å². The predicted molar refractivity (Wildman–Crippen MR) is 247 cm³/mol. The first-order valence-electron chi connectivity index (χ1n) is 20.5. The number of phenolic OH excluding ortho intramolecular Hbond substituents is 1. The molecule has 0 saturated carbocycles. The molecule has 0 atom stereocenters. The predicted octanol–water partition coefficient (Wildman–Crippen LogP) is 16.8. The molecule has 0 aliphatic carbocycles. The van der Waals surface area contributed by atoms with Gasteiger partial charge in [-0.3, -0.25) is 0 Å². The fourth-order valence-corrected chi connectivity index (χ4v) is 9.84. The van der Waals surface area contributed by atoms with Gasteiger partial charge in [-0.05, 0) is 80.0 Å². The topological polar surface area (TPSA) is 46.7 Å². The average Bonchev–Trinajstić information content (AvgIpc) is 3.72. The van der Waals surface area contributed by atoms with Crippen LogP contribution in [0.2, 0.25) is 10.0 Å². The maximum absolute atomic E-state index is 12.1. The summed E-state index contributed by atoms with van der Waals surface area (Å²) < 4.78 is 6.84. The average molecular weight is 979 g/mol. The maximum Gasteiger partial charge on any atom is 0.131 e. The zero-order valence-corrected chi connectivity index (χ0v) is 41.6. The molecule has 1 heterocycles. The van der Waals surface area contributed by atoms with Crippen molar-refractivity contribution in [3.63, 3.8) is 0 Å². The fraction of sp³-hybridized carbons (Fsp3) is 0.431. The Morgan fingerprint density at radius 1 is 0.561 bits per heavy atom. The molecule has 5 aromatic rings. The van der Waals surface area contributed by atoms with Crippen LogP contribution in [0.3, 0.4) is 0 Å². The van der Waals surface area contributed by atoms with E-state index in [0.717, 1.165) is 16.8 Å². The molecule has 0 unspecified atom stereocenters. The molecule has 0 fully saturated rings. The molecule has 0 aliphatic rings. The van der Waals surface area contributed by atoms with Crippen molar-refractivity contribution in [2.45, 2.75) is 139 Å². The van der Waals surface area contributed by atoms with Crippen LogP contribution in [0.1, 0.15) is 173 Å². The van der Waals surface area contributed by atoms with E-state index in [1.807, 2.05) is 30.3 Å². The molecule has 0 saturated heterocycles. The molecule has 0 spiro atoms. The first-order valence-corrected chi connectivity index (χ1v) is 24.3. The Bertz CT molecular complexity index is 1920. The van der Waals surface area contributed by atoms with Gasteiger partial charge >= 0.3 is 109 Å². The summed E-state index contributed by atoms with van der Waals surface area (Å²) in [5.74, 6) is 2.77. The number of hydrogen-bond donors (Lipinski definition) is 1. The summed E-state index contributed by atoms with van der Waals surface area (Å²) >= 11 is 11.2. The molecule has 1 N–H and O–H groups in total.